The molecule has 1 aliphatic heterocycles. The molecule has 0 radical (unpaired) electrons. The Kier molecular flexibility index (Phi) is 5.98. The van der Waals surface area contributed by atoms with Crippen LogP contribution in [0.2, 0.25) is 0 Å². The summed E-state index contributed by atoms with van der Waals surface area (Å²) in [7, 11) is 0. The summed E-state index contributed by atoms with van der Waals surface area (Å²) < 4.78 is 5.29. The molecule has 96 valence electrons. The van der Waals surface area contributed by atoms with Gasteiger partial charge < -0.3 is 30.9 Å². The third-order valence-electron chi connectivity index (χ3n) is 2.48. The van der Waals surface area contributed by atoms with Crippen molar-refractivity contribution in [3.63, 3.8) is 0 Å². The molecule has 0 aliphatic carbocycles. The average Bonchev–Trinajstić information content (AvgIpc) is 2.29. The van der Waals surface area contributed by atoms with Crippen LogP contribution in [0.25, 0.3) is 0 Å². The van der Waals surface area contributed by atoms with Crippen molar-refractivity contribution in [1.82, 2.24) is 0 Å². The fraction of sp³-hybridized carbons (Fsp3) is 1.00. The second kappa shape index (κ2) is 6.75. The summed E-state index contributed by atoms with van der Waals surface area (Å²) in [5, 5.41) is 37.6. The number of aliphatic hydroxyl groups is 4. The predicted molar refractivity (Wildman–Crippen MR) is 59.9 cm³/mol. The summed E-state index contributed by atoms with van der Waals surface area (Å²) in [6.45, 7) is 0.156. The van der Waals surface area contributed by atoms with Crippen LogP contribution in [-0.2, 0) is 4.74 Å². The normalized spacial score (nSPS) is 39.9. The van der Waals surface area contributed by atoms with E-state index in [2.05, 4.69) is 0 Å². The van der Waals surface area contributed by atoms with Gasteiger partial charge in [-0.05, 0) is 18.7 Å². The first kappa shape index (κ1) is 14.2. The van der Waals surface area contributed by atoms with Crippen LogP contribution in [-0.4, -0.2) is 69.2 Å². The smallest absolute Gasteiger partial charge is 0.132 e. The monoisotopic (exact) mass is 253 g/mol. The van der Waals surface area contributed by atoms with Gasteiger partial charge in [0.15, 0.2) is 0 Å². The Labute approximate surface area is 98.4 Å². The van der Waals surface area contributed by atoms with Crippen molar-refractivity contribution in [1.29, 1.82) is 0 Å². The summed E-state index contributed by atoms with van der Waals surface area (Å²) in [4.78, 5) is 0. The topological polar surface area (TPSA) is 116 Å². The van der Waals surface area contributed by atoms with Crippen molar-refractivity contribution in [3.8, 4) is 0 Å². The van der Waals surface area contributed by atoms with Gasteiger partial charge in [0.1, 0.15) is 29.9 Å². The molecule has 1 rings (SSSR count). The molecule has 6 nitrogen and oxygen atoms in total. The largest absolute Gasteiger partial charge is 0.394 e. The molecule has 1 saturated heterocycles. The zero-order valence-corrected chi connectivity index (χ0v) is 9.71. The maximum atomic E-state index is 9.65. The molecule has 1 heterocycles. The number of hydrogen-bond acceptors (Lipinski definition) is 7. The van der Waals surface area contributed by atoms with Gasteiger partial charge in [0, 0.05) is 0 Å². The second-order valence-corrected chi connectivity index (χ2v) is 4.92. The van der Waals surface area contributed by atoms with Gasteiger partial charge in [-0.2, -0.15) is 0 Å². The highest BCUT2D eigenvalue weighted by Gasteiger charge is 2.43. The molecule has 16 heavy (non-hydrogen) atoms. The SMILES string of the molecule is NCCCS[C@@H]1O[C@H](CO)[C@H](O)[C@H](O)[C@H]1O. The molecular weight excluding hydrogens is 234 g/mol. The lowest BCUT2D eigenvalue weighted by Crippen LogP contribution is -2.57. The Bertz CT molecular complexity index is 206. The van der Waals surface area contributed by atoms with Gasteiger partial charge in [-0.3, -0.25) is 0 Å². The molecule has 0 spiro atoms. The van der Waals surface area contributed by atoms with E-state index in [-0.39, 0.29) is 6.61 Å². The third kappa shape index (κ3) is 3.30. The van der Waals surface area contributed by atoms with Gasteiger partial charge in [-0.1, -0.05) is 0 Å². The van der Waals surface area contributed by atoms with Gasteiger partial charge >= 0.3 is 0 Å². The minimum Gasteiger partial charge on any atom is -0.394 e. The number of nitrogens with two attached hydrogens (primary N) is 1. The predicted octanol–water partition coefficient (Wildman–Crippen LogP) is -2.13. The molecule has 7 heteroatoms. The highest BCUT2D eigenvalue weighted by atomic mass is 32.2. The molecule has 0 saturated carbocycles. The quantitative estimate of drug-likeness (QED) is 0.355. The molecule has 6 N–H and O–H groups in total. The molecular formula is C9H19NO5S. The van der Waals surface area contributed by atoms with Gasteiger partial charge in [0.25, 0.3) is 0 Å². The Morgan fingerprint density at radius 1 is 1.12 bits per heavy atom. The van der Waals surface area contributed by atoms with Gasteiger partial charge in [0.05, 0.1) is 6.61 Å². The van der Waals surface area contributed by atoms with Gasteiger partial charge in [-0.25, -0.2) is 0 Å². The molecule has 1 aliphatic rings. The first-order valence-corrected chi connectivity index (χ1v) is 6.29. The summed E-state index contributed by atoms with van der Waals surface area (Å²) in [6.07, 6.45) is -3.78. The Hall–Kier alpha value is 0.110. The van der Waals surface area contributed by atoms with E-state index in [4.69, 9.17) is 15.6 Å². The molecule has 1 fully saturated rings. The molecule has 5 atom stereocenters. The van der Waals surface area contributed by atoms with Crippen LogP contribution in [0.1, 0.15) is 6.42 Å². The number of ether oxygens (including phenoxy) is 1. The van der Waals surface area contributed by atoms with Crippen LogP contribution in [0.4, 0.5) is 0 Å². The Balaban J connectivity index is 2.50. The van der Waals surface area contributed by atoms with E-state index in [1.807, 2.05) is 0 Å². The number of thioether (sulfide) groups is 1. The summed E-state index contributed by atoms with van der Waals surface area (Å²) in [5.41, 5.74) is 4.70. The standard InChI is InChI=1S/C9H19NO5S/c10-2-1-3-16-9-8(14)7(13)6(12)5(4-11)15-9/h5-9,11-14H,1-4,10H2/t5-,6+,7+,8-,9+/m1/s1. The lowest BCUT2D eigenvalue weighted by Gasteiger charge is -2.39. The molecule has 0 unspecified atom stereocenters. The maximum absolute atomic E-state index is 9.65. The van der Waals surface area contributed by atoms with E-state index in [0.29, 0.717) is 12.3 Å². The average molecular weight is 253 g/mol. The van der Waals surface area contributed by atoms with Crippen molar-refractivity contribution in [3.05, 3.63) is 0 Å². The number of aliphatic hydroxyl groups excluding tert-OH is 4. The van der Waals surface area contributed by atoms with Crippen molar-refractivity contribution in [2.45, 2.75) is 36.3 Å². The van der Waals surface area contributed by atoms with Crippen LogP contribution in [0.3, 0.4) is 0 Å². The lowest BCUT2D eigenvalue weighted by molar-refractivity contribution is -0.205. The minimum atomic E-state index is -1.29. The summed E-state index contributed by atoms with van der Waals surface area (Å²) in [6, 6.07) is 0. The Morgan fingerprint density at radius 2 is 1.81 bits per heavy atom. The van der Waals surface area contributed by atoms with Crippen molar-refractivity contribution in [2.24, 2.45) is 5.73 Å². The lowest BCUT2D eigenvalue weighted by atomic mass is 10.0. The molecule has 0 amide bonds. The van der Waals surface area contributed by atoms with Gasteiger partial charge in [0.2, 0.25) is 0 Å². The van der Waals surface area contributed by atoms with E-state index in [1.54, 1.807) is 0 Å². The fourth-order valence-corrected chi connectivity index (χ4v) is 2.63. The van der Waals surface area contributed by atoms with Gasteiger partial charge in [-0.15, -0.1) is 11.8 Å². The van der Waals surface area contributed by atoms with Crippen molar-refractivity contribution >= 4 is 11.8 Å². The third-order valence-corrected chi connectivity index (χ3v) is 3.72. The first-order chi connectivity index (χ1) is 7.61. The number of hydrogen-bond donors (Lipinski definition) is 5. The number of rotatable bonds is 5. The summed E-state index contributed by atoms with van der Waals surface area (Å²) >= 11 is 1.32. The molecule has 0 aromatic rings. The van der Waals surface area contributed by atoms with Crippen LogP contribution in [0.15, 0.2) is 0 Å². The first-order valence-electron chi connectivity index (χ1n) is 5.24. The molecule has 0 bridgehead atoms. The fourth-order valence-electron chi connectivity index (χ4n) is 1.49. The molecule has 0 aromatic heterocycles. The molecule has 0 aromatic carbocycles. The zero-order chi connectivity index (χ0) is 12.1. The van der Waals surface area contributed by atoms with Crippen LogP contribution < -0.4 is 5.73 Å². The van der Waals surface area contributed by atoms with Crippen LogP contribution in [0, 0.1) is 0 Å². The van der Waals surface area contributed by atoms with E-state index >= 15 is 0 Å². The highest BCUT2D eigenvalue weighted by Crippen LogP contribution is 2.28. The van der Waals surface area contributed by atoms with Crippen LogP contribution in [0.5, 0.6) is 0 Å². The summed E-state index contributed by atoms with van der Waals surface area (Å²) in [5.74, 6) is 0.694. The Morgan fingerprint density at radius 3 is 2.38 bits per heavy atom. The maximum Gasteiger partial charge on any atom is 0.132 e. The highest BCUT2D eigenvalue weighted by molar-refractivity contribution is 7.99. The van der Waals surface area contributed by atoms with E-state index in [9.17, 15) is 15.3 Å². The van der Waals surface area contributed by atoms with E-state index in [0.717, 1.165) is 6.42 Å². The van der Waals surface area contributed by atoms with Crippen molar-refractivity contribution < 1.29 is 25.2 Å². The van der Waals surface area contributed by atoms with E-state index < -0.39 is 29.9 Å². The zero-order valence-electron chi connectivity index (χ0n) is 8.90. The second-order valence-electron chi connectivity index (χ2n) is 3.71. The van der Waals surface area contributed by atoms with E-state index in [1.165, 1.54) is 11.8 Å². The van der Waals surface area contributed by atoms with Crippen molar-refractivity contribution in [2.75, 3.05) is 18.9 Å². The minimum absolute atomic E-state index is 0.390. The van der Waals surface area contributed by atoms with Crippen LogP contribution >= 0.6 is 11.8 Å².